The van der Waals surface area contributed by atoms with Crippen molar-refractivity contribution in [3.05, 3.63) is 62.3 Å². The minimum Gasteiger partial charge on any atom is -0.356 e. The molecule has 2 heterocycles. The SMILES string of the molecule is CN=C(NCc1ccc([N+](=O)[O-])cc1)NCC1CCCN(C)C1c1cccs1.I. The Bertz CT molecular complexity index is 798. The molecule has 9 heteroatoms. The number of thiophene rings is 1. The summed E-state index contributed by atoms with van der Waals surface area (Å²) >= 11 is 1.82. The predicted molar refractivity (Wildman–Crippen MR) is 129 cm³/mol. The molecule has 0 saturated carbocycles. The summed E-state index contributed by atoms with van der Waals surface area (Å²) < 4.78 is 0. The van der Waals surface area contributed by atoms with Crippen molar-refractivity contribution in [3.8, 4) is 0 Å². The maximum absolute atomic E-state index is 10.8. The molecule has 0 aliphatic carbocycles. The van der Waals surface area contributed by atoms with E-state index in [0.29, 0.717) is 18.5 Å². The highest BCUT2D eigenvalue weighted by Crippen LogP contribution is 2.36. The molecule has 2 atom stereocenters. The summed E-state index contributed by atoms with van der Waals surface area (Å²) in [5.41, 5.74) is 1.08. The highest BCUT2D eigenvalue weighted by Gasteiger charge is 2.31. The minimum absolute atomic E-state index is 0. The first-order chi connectivity index (χ1) is 13.6. The lowest BCUT2D eigenvalue weighted by Gasteiger charge is -2.39. The Morgan fingerprint density at radius 3 is 2.69 bits per heavy atom. The number of nitro benzene ring substituents is 1. The first-order valence-corrected chi connectivity index (χ1v) is 10.4. The van der Waals surface area contributed by atoms with Crippen LogP contribution in [-0.4, -0.2) is 43.0 Å². The van der Waals surface area contributed by atoms with Crippen molar-refractivity contribution < 1.29 is 4.92 Å². The highest BCUT2D eigenvalue weighted by atomic mass is 127. The zero-order chi connectivity index (χ0) is 19.9. The number of guanidine groups is 1. The van der Waals surface area contributed by atoms with Crippen LogP contribution in [-0.2, 0) is 6.54 Å². The maximum Gasteiger partial charge on any atom is 0.269 e. The Kier molecular flexibility index (Phi) is 9.31. The van der Waals surface area contributed by atoms with Crippen molar-refractivity contribution in [3.63, 3.8) is 0 Å². The van der Waals surface area contributed by atoms with E-state index in [4.69, 9.17) is 0 Å². The largest absolute Gasteiger partial charge is 0.356 e. The van der Waals surface area contributed by atoms with Crippen LogP contribution in [0.15, 0.2) is 46.8 Å². The van der Waals surface area contributed by atoms with Crippen LogP contribution in [0.3, 0.4) is 0 Å². The Morgan fingerprint density at radius 2 is 2.07 bits per heavy atom. The second-order valence-corrected chi connectivity index (χ2v) is 8.05. The third kappa shape index (κ3) is 6.38. The summed E-state index contributed by atoms with van der Waals surface area (Å²) in [6.07, 6.45) is 2.40. The van der Waals surface area contributed by atoms with Crippen LogP contribution in [0.1, 0.15) is 29.3 Å². The standard InChI is InChI=1S/C20H27N5O2S.HI/c1-21-20(22-13-15-7-9-17(10-8-15)25(26)27)23-14-16-5-3-11-24(2)19(16)18-6-4-12-28-18;/h4,6-10,12,16,19H,3,5,11,13-14H2,1-2H3,(H2,21,22,23);1H. The average molecular weight is 529 g/mol. The molecule has 7 nitrogen and oxygen atoms in total. The molecule has 158 valence electrons. The van der Waals surface area contributed by atoms with Gasteiger partial charge in [0.15, 0.2) is 5.96 Å². The van der Waals surface area contributed by atoms with Gasteiger partial charge in [-0.15, -0.1) is 35.3 Å². The van der Waals surface area contributed by atoms with E-state index in [1.54, 1.807) is 19.2 Å². The lowest BCUT2D eigenvalue weighted by molar-refractivity contribution is -0.384. The number of nitrogens with one attached hydrogen (secondary N) is 2. The van der Waals surface area contributed by atoms with Gasteiger partial charge in [-0.05, 0) is 49.4 Å². The van der Waals surface area contributed by atoms with E-state index < -0.39 is 0 Å². The summed E-state index contributed by atoms with van der Waals surface area (Å²) in [6, 6.07) is 11.4. The zero-order valence-corrected chi connectivity index (χ0v) is 19.9. The molecule has 0 bridgehead atoms. The smallest absolute Gasteiger partial charge is 0.269 e. The number of benzene rings is 1. The van der Waals surface area contributed by atoms with Gasteiger partial charge in [0, 0.05) is 43.2 Å². The highest BCUT2D eigenvalue weighted by molar-refractivity contribution is 14.0. The number of non-ortho nitro benzene ring substituents is 1. The molecular formula is C20H28IN5O2S. The molecule has 2 unspecified atom stereocenters. The fourth-order valence-electron chi connectivity index (χ4n) is 3.75. The van der Waals surface area contributed by atoms with Crippen molar-refractivity contribution in [1.29, 1.82) is 0 Å². The van der Waals surface area contributed by atoms with Gasteiger partial charge in [-0.3, -0.25) is 20.0 Å². The summed E-state index contributed by atoms with van der Waals surface area (Å²) in [4.78, 5) is 18.6. The molecule has 1 fully saturated rings. The second-order valence-electron chi connectivity index (χ2n) is 7.07. The van der Waals surface area contributed by atoms with Gasteiger partial charge in [-0.1, -0.05) is 18.2 Å². The third-order valence-electron chi connectivity index (χ3n) is 5.20. The van der Waals surface area contributed by atoms with Gasteiger partial charge in [0.25, 0.3) is 5.69 Å². The van der Waals surface area contributed by atoms with Crippen LogP contribution in [0.4, 0.5) is 5.69 Å². The second kappa shape index (κ2) is 11.5. The molecule has 1 aromatic heterocycles. The first kappa shape index (κ1) is 23.6. The number of hydrogen-bond acceptors (Lipinski definition) is 5. The molecule has 3 rings (SSSR count). The Labute approximate surface area is 192 Å². The third-order valence-corrected chi connectivity index (χ3v) is 6.15. The van der Waals surface area contributed by atoms with Gasteiger partial charge >= 0.3 is 0 Å². The summed E-state index contributed by atoms with van der Waals surface area (Å²) in [5.74, 6) is 1.27. The minimum atomic E-state index is -0.386. The Balaban J connectivity index is 0.00000300. The summed E-state index contributed by atoms with van der Waals surface area (Å²) in [5, 5.41) is 19.7. The van der Waals surface area contributed by atoms with Gasteiger partial charge in [0.2, 0.25) is 0 Å². The molecule has 0 spiro atoms. The van der Waals surface area contributed by atoms with Crippen molar-refractivity contribution >= 4 is 47.0 Å². The number of hydrogen-bond donors (Lipinski definition) is 2. The molecule has 1 aliphatic heterocycles. The molecular weight excluding hydrogens is 501 g/mol. The number of likely N-dealkylation sites (tertiary alicyclic amines) is 1. The van der Waals surface area contributed by atoms with E-state index in [2.05, 4.69) is 45.1 Å². The van der Waals surface area contributed by atoms with Crippen LogP contribution < -0.4 is 10.6 Å². The first-order valence-electron chi connectivity index (χ1n) is 9.50. The van der Waals surface area contributed by atoms with Gasteiger partial charge in [-0.25, -0.2) is 0 Å². The zero-order valence-electron chi connectivity index (χ0n) is 16.7. The normalized spacial score (nSPS) is 20.0. The number of halogens is 1. The van der Waals surface area contributed by atoms with Crippen LogP contribution >= 0.6 is 35.3 Å². The monoisotopic (exact) mass is 529 g/mol. The lowest BCUT2D eigenvalue weighted by atomic mass is 9.88. The molecule has 29 heavy (non-hydrogen) atoms. The van der Waals surface area contributed by atoms with E-state index >= 15 is 0 Å². The quantitative estimate of drug-likeness (QED) is 0.194. The predicted octanol–water partition coefficient (Wildman–Crippen LogP) is 4.02. The Hall–Kier alpha value is -1.72. The average Bonchev–Trinajstić information content (AvgIpc) is 3.22. The van der Waals surface area contributed by atoms with E-state index in [9.17, 15) is 10.1 Å². The van der Waals surface area contributed by atoms with Gasteiger partial charge in [-0.2, -0.15) is 0 Å². The number of nitro groups is 1. The van der Waals surface area contributed by atoms with E-state index in [1.807, 2.05) is 11.3 Å². The van der Waals surface area contributed by atoms with Crippen LogP contribution in [0.2, 0.25) is 0 Å². The molecule has 2 N–H and O–H groups in total. The molecule has 1 saturated heterocycles. The molecule has 1 aliphatic rings. The summed E-state index contributed by atoms with van der Waals surface area (Å²) in [6.45, 7) is 2.55. The van der Waals surface area contributed by atoms with Gasteiger partial charge < -0.3 is 10.6 Å². The van der Waals surface area contributed by atoms with E-state index in [1.165, 1.54) is 29.9 Å². The molecule has 2 aromatic rings. The van der Waals surface area contributed by atoms with Gasteiger partial charge in [0.1, 0.15) is 0 Å². The Morgan fingerprint density at radius 1 is 1.31 bits per heavy atom. The summed E-state index contributed by atoms with van der Waals surface area (Å²) in [7, 11) is 3.97. The fraction of sp³-hybridized carbons (Fsp3) is 0.450. The van der Waals surface area contributed by atoms with E-state index in [-0.39, 0.29) is 34.6 Å². The molecule has 1 aromatic carbocycles. The molecule has 0 amide bonds. The number of rotatable bonds is 6. The van der Waals surface area contributed by atoms with Gasteiger partial charge in [0.05, 0.1) is 4.92 Å². The van der Waals surface area contributed by atoms with E-state index in [0.717, 1.165) is 24.6 Å². The van der Waals surface area contributed by atoms with Crippen molar-refractivity contribution in [2.45, 2.75) is 25.4 Å². The van der Waals surface area contributed by atoms with Crippen LogP contribution in [0, 0.1) is 16.0 Å². The van der Waals surface area contributed by atoms with Crippen molar-refractivity contribution in [1.82, 2.24) is 15.5 Å². The maximum atomic E-state index is 10.8. The number of nitrogens with zero attached hydrogens (tertiary/aromatic N) is 3. The number of piperidine rings is 1. The van der Waals surface area contributed by atoms with Crippen molar-refractivity contribution in [2.24, 2.45) is 10.9 Å². The fourth-order valence-corrected chi connectivity index (χ4v) is 4.74. The van der Waals surface area contributed by atoms with Crippen molar-refractivity contribution in [2.75, 3.05) is 27.2 Å². The lowest BCUT2D eigenvalue weighted by Crippen LogP contribution is -2.44. The molecule has 0 radical (unpaired) electrons. The van der Waals surface area contributed by atoms with Crippen LogP contribution in [0.25, 0.3) is 0 Å². The van der Waals surface area contributed by atoms with Crippen LogP contribution in [0.5, 0.6) is 0 Å². The topological polar surface area (TPSA) is 82.8 Å². The number of aliphatic imine (C=N–C) groups is 1.